The number of rotatable bonds is 3. The van der Waals surface area contributed by atoms with Gasteiger partial charge in [-0.25, -0.2) is 0 Å². The van der Waals surface area contributed by atoms with Crippen molar-refractivity contribution in [3.63, 3.8) is 0 Å². The van der Waals surface area contributed by atoms with Crippen LogP contribution in [0.2, 0.25) is 0 Å². The van der Waals surface area contributed by atoms with E-state index in [1.165, 1.54) is 22.7 Å². The monoisotopic (exact) mass is 260 g/mol. The Hall–Kier alpha value is -1.68. The lowest BCUT2D eigenvalue weighted by atomic mass is 10.1. The normalized spacial score (nSPS) is 10.4. The van der Waals surface area contributed by atoms with E-state index < -0.39 is 0 Å². The largest absolute Gasteiger partial charge is 0.345 e. The molecule has 1 heterocycles. The molecule has 4 heteroatoms. The SMILES string of the molecule is CC(=O)c1c(C)nsc1Nc1ccc(C)c(C)c1. The van der Waals surface area contributed by atoms with Crippen LogP contribution in [-0.4, -0.2) is 10.2 Å². The topological polar surface area (TPSA) is 42.0 Å². The second-order valence-corrected chi connectivity index (χ2v) is 5.23. The zero-order valence-corrected chi connectivity index (χ0v) is 11.8. The number of aromatic nitrogens is 1. The van der Waals surface area contributed by atoms with Crippen LogP contribution in [-0.2, 0) is 0 Å². The van der Waals surface area contributed by atoms with Crippen LogP contribution < -0.4 is 5.32 Å². The Morgan fingerprint density at radius 1 is 1.22 bits per heavy atom. The molecule has 1 N–H and O–H groups in total. The number of benzene rings is 1. The first kappa shape index (κ1) is 12.8. The Balaban J connectivity index is 2.34. The van der Waals surface area contributed by atoms with Gasteiger partial charge in [0.05, 0.1) is 11.3 Å². The van der Waals surface area contributed by atoms with Gasteiger partial charge >= 0.3 is 0 Å². The van der Waals surface area contributed by atoms with Gasteiger partial charge in [0.25, 0.3) is 0 Å². The molecule has 0 radical (unpaired) electrons. The van der Waals surface area contributed by atoms with Gasteiger partial charge in [-0.1, -0.05) is 6.07 Å². The first-order chi connectivity index (χ1) is 8.49. The highest BCUT2D eigenvalue weighted by Gasteiger charge is 2.14. The second-order valence-electron chi connectivity index (χ2n) is 4.45. The fourth-order valence-corrected chi connectivity index (χ4v) is 2.69. The van der Waals surface area contributed by atoms with Gasteiger partial charge in [-0.05, 0) is 62.5 Å². The smallest absolute Gasteiger partial charge is 0.164 e. The van der Waals surface area contributed by atoms with Gasteiger partial charge in [0, 0.05) is 5.69 Å². The summed E-state index contributed by atoms with van der Waals surface area (Å²) in [6, 6.07) is 6.16. The molecule has 2 rings (SSSR count). The van der Waals surface area contributed by atoms with E-state index in [1.54, 1.807) is 6.92 Å². The number of nitrogens with zero attached hydrogens (tertiary/aromatic N) is 1. The van der Waals surface area contributed by atoms with Crippen LogP contribution in [0.25, 0.3) is 0 Å². The molecule has 94 valence electrons. The molecule has 0 aliphatic rings. The Bertz CT molecular complexity index is 602. The van der Waals surface area contributed by atoms with Crippen LogP contribution in [0.4, 0.5) is 10.7 Å². The van der Waals surface area contributed by atoms with Crippen molar-refractivity contribution in [2.45, 2.75) is 27.7 Å². The quantitative estimate of drug-likeness (QED) is 0.848. The number of hydrogen-bond donors (Lipinski definition) is 1. The van der Waals surface area contributed by atoms with E-state index in [-0.39, 0.29) is 5.78 Å². The molecule has 0 aliphatic carbocycles. The number of anilines is 2. The van der Waals surface area contributed by atoms with Gasteiger partial charge in [0.15, 0.2) is 5.78 Å². The first-order valence-corrected chi connectivity index (χ1v) is 6.58. The minimum Gasteiger partial charge on any atom is -0.345 e. The fourth-order valence-electron chi connectivity index (χ4n) is 1.82. The third-order valence-corrected chi connectivity index (χ3v) is 3.83. The molecule has 18 heavy (non-hydrogen) atoms. The van der Waals surface area contributed by atoms with E-state index in [0.29, 0.717) is 5.56 Å². The van der Waals surface area contributed by atoms with Gasteiger partial charge in [0.1, 0.15) is 5.00 Å². The lowest BCUT2D eigenvalue weighted by Gasteiger charge is -2.08. The molecule has 2 aromatic rings. The number of aryl methyl sites for hydroxylation is 3. The number of carbonyl (C=O) groups is 1. The maximum Gasteiger partial charge on any atom is 0.164 e. The Labute approximate surface area is 111 Å². The molecule has 1 aromatic carbocycles. The van der Waals surface area contributed by atoms with Crippen molar-refractivity contribution in [2.24, 2.45) is 0 Å². The third kappa shape index (κ3) is 2.43. The van der Waals surface area contributed by atoms with E-state index in [0.717, 1.165) is 16.4 Å². The maximum absolute atomic E-state index is 11.6. The lowest BCUT2D eigenvalue weighted by molar-refractivity contribution is 0.101. The summed E-state index contributed by atoms with van der Waals surface area (Å²) in [4.78, 5) is 11.6. The summed E-state index contributed by atoms with van der Waals surface area (Å²) in [6.07, 6.45) is 0. The number of ketones is 1. The molecule has 3 nitrogen and oxygen atoms in total. The molecule has 0 saturated heterocycles. The van der Waals surface area contributed by atoms with Crippen LogP contribution in [0.5, 0.6) is 0 Å². The van der Waals surface area contributed by atoms with Gasteiger partial charge in [-0.2, -0.15) is 4.37 Å². The summed E-state index contributed by atoms with van der Waals surface area (Å²) in [5.41, 5.74) is 4.96. The number of Topliss-reactive ketones (excluding diaryl/α,β-unsaturated/α-hetero) is 1. The van der Waals surface area contributed by atoms with Gasteiger partial charge < -0.3 is 5.32 Å². The predicted octanol–water partition coefficient (Wildman–Crippen LogP) is 4.01. The van der Waals surface area contributed by atoms with Crippen LogP contribution in [0.1, 0.15) is 34.1 Å². The van der Waals surface area contributed by atoms with E-state index >= 15 is 0 Å². The molecule has 0 amide bonds. The molecule has 0 spiro atoms. The van der Waals surface area contributed by atoms with Gasteiger partial charge in [-0.15, -0.1) is 0 Å². The van der Waals surface area contributed by atoms with Gasteiger partial charge in [-0.3, -0.25) is 4.79 Å². The molecule has 0 bridgehead atoms. The van der Waals surface area contributed by atoms with Crippen molar-refractivity contribution < 1.29 is 4.79 Å². The molecular weight excluding hydrogens is 244 g/mol. The van der Waals surface area contributed by atoms with Crippen LogP contribution in [0.3, 0.4) is 0 Å². The fraction of sp³-hybridized carbons (Fsp3) is 0.286. The van der Waals surface area contributed by atoms with E-state index in [2.05, 4.69) is 35.7 Å². The van der Waals surface area contributed by atoms with Crippen molar-refractivity contribution in [2.75, 3.05) is 5.32 Å². The zero-order valence-electron chi connectivity index (χ0n) is 11.0. The minimum absolute atomic E-state index is 0.0487. The van der Waals surface area contributed by atoms with Crippen molar-refractivity contribution >= 4 is 28.0 Å². The summed E-state index contributed by atoms with van der Waals surface area (Å²) in [5.74, 6) is 0.0487. The molecule has 0 unspecified atom stereocenters. The minimum atomic E-state index is 0.0487. The van der Waals surface area contributed by atoms with E-state index in [1.807, 2.05) is 13.0 Å². The van der Waals surface area contributed by atoms with Crippen molar-refractivity contribution in [3.8, 4) is 0 Å². The number of carbonyl (C=O) groups excluding carboxylic acids is 1. The first-order valence-electron chi connectivity index (χ1n) is 5.80. The third-order valence-electron chi connectivity index (χ3n) is 2.98. The van der Waals surface area contributed by atoms with Crippen molar-refractivity contribution in [3.05, 3.63) is 40.6 Å². The van der Waals surface area contributed by atoms with E-state index in [9.17, 15) is 4.79 Å². The van der Waals surface area contributed by atoms with Crippen molar-refractivity contribution in [1.29, 1.82) is 0 Å². The zero-order chi connectivity index (χ0) is 13.3. The highest BCUT2D eigenvalue weighted by molar-refractivity contribution is 7.10. The van der Waals surface area contributed by atoms with E-state index in [4.69, 9.17) is 0 Å². The summed E-state index contributed by atoms with van der Waals surface area (Å²) in [7, 11) is 0. The van der Waals surface area contributed by atoms with Gasteiger partial charge in [0.2, 0.25) is 0 Å². The Kier molecular flexibility index (Phi) is 3.48. The van der Waals surface area contributed by atoms with Crippen molar-refractivity contribution in [1.82, 2.24) is 4.37 Å². The second kappa shape index (κ2) is 4.90. The summed E-state index contributed by atoms with van der Waals surface area (Å²) in [5, 5.41) is 4.10. The Morgan fingerprint density at radius 3 is 2.56 bits per heavy atom. The van der Waals surface area contributed by atoms with Crippen LogP contribution >= 0.6 is 11.5 Å². The maximum atomic E-state index is 11.6. The summed E-state index contributed by atoms with van der Waals surface area (Å²) >= 11 is 1.33. The molecule has 0 atom stereocenters. The molecule has 1 aromatic heterocycles. The molecule has 0 aliphatic heterocycles. The number of hydrogen-bond acceptors (Lipinski definition) is 4. The molecular formula is C14H16N2OS. The molecule has 0 saturated carbocycles. The van der Waals surface area contributed by atoms with Crippen LogP contribution in [0, 0.1) is 20.8 Å². The highest BCUT2D eigenvalue weighted by atomic mass is 32.1. The average molecular weight is 260 g/mol. The van der Waals surface area contributed by atoms with Crippen LogP contribution in [0.15, 0.2) is 18.2 Å². The number of nitrogens with one attached hydrogen (secondary N) is 1. The molecule has 0 fully saturated rings. The predicted molar refractivity (Wildman–Crippen MR) is 76.1 cm³/mol. The lowest BCUT2D eigenvalue weighted by Crippen LogP contribution is -1.99. The average Bonchev–Trinajstić information content (AvgIpc) is 2.65. The summed E-state index contributed by atoms with van der Waals surface area (Å²) in [6.45, 7) is 7.59. The highest BCUT2D eigenvalue weighted by Crippen LogP contribution is 2.29. The summed E-state index contributed by atoms with van der Waals surface area (Å²) < 4.78 is 4.23. The standard InChI is InChI=1S/C14H16N2OS/c1-8-5-6-12(7-9(8)2)15-14-13(11(4)17)10(3)16-18-14/h5-7,15H,1-4H3. The Morgan fingerprint density at radius 2 is 1.94 bits per heavy atom.